The predicted molar refractivity (Wildman–Crippen MR) is 120 cm³/mol. The van der Waals surface area contributed by atoms with E-state index in [1.165, 1.54) is 16.9 Å². The Morgan fingerprint density at radius 2 is 2.03 bits per heavy atom. The van der Waals surface area contributed by atoms with Gasteiger partial charge in [-0.25, -0.2) is 0 Å². The van der Waals surface area contributed by atoms with Gasteiger partial charge in [0.15, 0.2) is 5.65 Å². The summed E-state index contributed by atoms with van der Waals surface area (Å²) >= 11 is 1.44. The van der Waals surface area contributed by atoms with Gasteiger partial charge in [0.05, 0.1) is 16.9 Å². The molecule has 4 aromatic heterocycles. The second-order valence-corrected chi connectivity index (χ2v) is 8.55. The second kappa shape index (κ2) is 7.88. The molecule has 0 fully saturated rings. The molecule has 0 aliphatic heterocycles. The van der Waals surface area contributed by atoms with Crippen molar-refractivity contribution in [1.82, 2.24) is 29.9 Å². The maximum atomic E-state index is 13.3. The third-order valence-electron chi connectivity index (χ3n) is 5.25. The highest BCUT2D eigenvalue weighted by atomic mass is 32.1. The van der Waals surface area contributed by atoms with E-state index in [0.717, 1.165) is 27.6 Å². The number of hydrogen-bond acceptors (Lipinski definition) is 6. The van der Waals surface area contributed by atoms with Gasteiger partial charge in [0.25, 0.3) is 5.91 Å². The van der Waals surface area contributed by atoms with Crippen molar-refractivity contribution >= 4 is 33.8 Å². The van der Waals surface area contributed by atoms with E-state index in [1.54, 1.807) is 16.9 Å². The fourth-order valence-electron chi connectivity index (χ4n) is 3.97. The first-order valence-electron chi connectivity index (χ1n) is 9.93. The van der Waals surface area contributed by atoms with Gasteiger partial charge in [0.1, 0.15) is 0 Å². The summed E-state index contributed by atoms with van der Waals surface area (Å²) < 4.78 is 1.78. The molecule has 0 bridgehead atoms. The Balaban J connectivity index is 1.61. The molecule has 0 aliphatic carbocycles. The number of nitrogens with zero attached hydrogens (tertiary/aromatic N) is 6. The van der Waals surface area contributed by atoms with Crippen LogP contribution >= 0.6 is 11.3 Å². The van der Waals surface area contributed by atoms with E-state index in [-0.39, 0.29) is 5.91 Å². The summed E-state index contributed by atoms with van der Waals surface area (Å²) in [7, 11) is 0. The first-order chi connectivity index (χ1) is 15.1. The molecule has 1 aromatic carbocycles. The van der Waals surface area contributed by atoms with Gasteiger partial charge < -0.3 is 4.90 Å². The molecule has 0 spiro atoms. The number of tetrazole rings is 1. The molecule has 8 heteroatoms. The number of rotatable bonds is 5. The van der Waals surface area contributed by atoms with Crippen LogP contribution in [0.1, 0.15) is 31.9 Å². The van der Waals surface area contributed by atoms with Gasteiger partial charge in [0, 0.05) is 29.9 Å². The molecular weight excluding hydrogens is 408 g/mol. The Labute approximate surface area is 183 Å². The molecule has 5 rings (SSSR count). The molecule has 5 aromatic rings. The molecule has 0 unspecified atom stereocenters. The summed E-state index contributed by atoms with van der Waals surface area (Å²) in [4.78, 5) is 20.0. The van der Waals surface area contributed by atoms with Crippen LogP contribution in [-0.2, 0) is 13.1 Å². The first kappa shape index (κ1) is 19.3. The number of amides is 1. The average Bonchev–Trinajstić information content (AvgIpc) is 3.45. The lowest BCUT2D eigenvalue weighted by Gasteiger charge is -2.23. The number of thiophene rings is 1. The summed E-state index contributed by atoms with van der Waals surface area (Å²) in [6.45, 7) is 4.97. The molecule has 0 saturated heterocycles. The van der Waals surface area contributed by atoms with E-state index < -0.39 is 0 Å². The van der Waals surface area contributed by atoms with Crippen LogP contribution in [0.4, 0.5) is 0 Å². The minimum Gasteiger partial charge on any atom is -0.329 e. The number of benzene rings is 1. The number of hydrogen-bond donors (Lipinski definition) is 0. The van der Waals surface area contributed by atoms with Gasteiger partial charge in [0.2, 0.25) is 0 Å². The molecule has 31 heavy (non-hydrogen) atoms. The molecule has 4 heterocycles. The van der Waals surface area contributed by atoms with Crippen LogP contribution in [0.3, 0.4) is 0 Å². The second-order valence-electron chi connectivity index (χ2n) is 7.60. The molecule has 0 saturated carbocycles. The molecule has 154 valence electrons. The van der Waals surface area contributed by atoms with Crippen molar-refractivity contribution < 1.29 is 4.79 Å². The standard InChI is InChI=1S/C23H20N6OS/c1-15-9-16(2)21-18(10-15)11-19(22-25-26-27-29(21)22)14-28(13-17-5-3-7-24-12-17)23(30)20-6-4-8-31-20/h3-12H,13-14H2,1-2H3. The highest BCUT2D eigenvalue weighted by Gasteiger charge is 2.21. The fourth-order valence-corrected chi connectivity index (χ4v) is 4.66. The minimum absolute atomic E-state index is 0.0232. The zero-order valence-corrected chi connectivity index (χ0v) is 18.0. The van der Waals surface area contributed by atoms with Crippen LogP contribution in [0.15, 0.2) is 60.2 Å². The Hall–Kier alpha value is -3.65. The van der Waals surface area contributed by atoms with Crippen molar-refractivity contribution in [1.29, 1.82) is 0 Å². The Morgan fingerprint density at radius 1 is 1.13 bits per heavy atom. The van der Waals surface area contributed by atoms with E-state index in [2.05, 4.69) is 52.6 Å². The lowest BCUT2D eigenvalue weighted by molar-refractivity contribution is 0.0735. The number of aromatic nitrogens is 5. The summed E-state index contributed by atoms with van der Waals surface area (Å²) in [5.41, 5.74) is 5.80. The quantitative estimate of drug-likeness (QED) is 0.419. The van der Waals surface area contributed by atoms with E-state index in [4.69, 9.17) is 0 Å². The van der Waals surface area contributed by atoms with Gasteiger partial charge in [-0.15, -0.1) is 16.4 Å². The highest BCUT2D eigenvalue weighted by Crippen LogP contribution is 2.26. The molecule has 0 N–H and O–H groups in total. The molecule has 0 atom stereocenters. The van der Waals surface area contributed by atoms with Crippen molar-refractivity contribution in [2.24, 2.45) is 0 Å². The molecule has 1 amide bonds. The number of fused-ring (bicyclic) bond motifs is 3. The molecule has 0 radical (unpaired) electrons. The largest absolute Gasteiger partial charge is 0.329 e. The topological polar surface area (TPSA) is 76.3 Å². The van der Waals surface area contributed by atoms with Crippen molar-refractivity contribution in [2.45, 2.75) is 26.9 Å². The molecule has 0 aliphatic rings. The smallest absolute Gasteiger partial charge is 0.264 e. The summed E-state index contributed by atoms with van der Waals surface area (Å²) in [6, 6.07) is 13.9. The maximum Gasteiger partial charge on any atom is 0.264 e. The van der Waals surface area contributed by atoms with E-state index >= 15 is 0 Å². The molecule has 7 nitrogen and oxygen atoms in total. The van der Waals surface area contributed by atoms with E-state index in [9.17, 15) is 4.79 Å². The van der Waals surface area contributed by atoms with Crippen LogP contribution in [0.5, 0.6) is 0 Å². The monoisotopic (exact) mass is 428 g/mol. The number of pyridine rings is 2. The fraction of sp³-hybridized carbons (Fsp3) is 0.174. The van der Waals surface area contributed by atoms with Crippen molar-refractivity contribution in [3.8, 4) is 0 Å². The minimum atomic E-state index is -0.0232. The van der Waals surface area contributed by atoms with E-state index in [1.807, 2.05) is 34.5 Å². The van der Waals surface area contributed by atoms with Crippen LogP contribution in [-0.4, -0.2) is 35.8 Å². The van der Waals surface area contributed by atoms with Gasteiger partial charge in [-0.3, -0.25) is 9.78 Å². The van der Waals surface area contributed by atoms with Gasteiger partial charge in [-0.1, -0.05) is 23.8 Å². The molecular formula is C23H20N6OS. The van der Waals surface area contributed by atoms with E-state index in [0.29, 0.717) is 23.6 Å². The lowest BCUT2D eigenvalue weighted by atomic mass is 10.0. The zero-order valence-electron chi connectivity index (χ0n) is 17.2. The summed E-state index contributed by atoms with van der Waals surface area (Å²) in [5, 5.41) is 15.4. The van der Waals surface area contributed by atoms with Crippen molar-refractivity contribution in [3.63, 3.8) is 0 Å². The third kappa shape index (κ3) is 3.66. The van der Waals surface area contributed by atoms with Crippen LogP contribution in [0, 0.1) is 13.8 Å². The number of aryl methyl sites for hydroxylation is 2. The number of carbonyl (C=O) groups is 1. The van der Waals surface area contributed by atoms with Crippen LogP contribution in [0.25, 0.3) is 16.6 Å². The lowest BCUT2D eigenvalue weighted by Crippen LogP contribution is -2.30. The highest BCUT2D eigenvalue weighted by molar-refractivity contribution is 7.12. The summed E-state index contributed by atoms with van der Waals surface area (Å²) in [6.07, 6.45) is 3.52. The average molecular weight is 429 g/mol. The zero-order chi connectivity index (χ0) is 21.4. The normalized spacial score (nSPS) is 11.3. The van der Waals surface area contributed by atoms with Gasteiger partial charge in [-0.2, -0.15) is 4.52 Å². The first-order valence-corrected chi connectivity index (χ1v) is 10.8. The van der Waals surface area contributed by atoms with Crippen LogP contribution in [0.2, 0.25) is 0 Å². The van der Waals surface area contributed by atoms with Crippen molar-refractivity contribution in [2.75, 3.05) is 0 Å². The Kier molecular flexibility index (Phi) is 4.91. The van der Waals surface area contributed by atoms with Gasteiger partial charge in [-0.05, 0) is 65.0 Å². The Morgan fingerprint density at radius 3 is 2.81 bits per heavy atom. The number of carbonyl (C=O) groups excluding carboxylic acids is 1. The Bertz CT molecular complexity index is 1380. The van der Waals surface area contributed by atoms with Gasteiger partial charge >= 0.3 is 0 Å². The summed E-state index contributed by atoms with van der Waals surface area (Å²) in [5.74, 6) is -0.0232. The maximum absolute atomic E-state index is 13.3. The van der Waals surface area contributed by atoms with Crippen LogP contribution < -0.4 is 0 Å². The predicted octanol–water partition coefficient (Wildman–Crippen LogP) is 4.19. The van der Waals surface area contributed by atoms with Crippen molar-refractivity contribution in [3.05, 3.63) is 87.4 Å². The SMILES string of the molecule is Cc1cc(C)c2c(c1)cc(CN(Cc1cccnc1)C(=O)c1cccs1)c1nnnn12. The third-order valence-corrected chi connectivity index (χ3v) is 6.11.